The maximum atomic E-state index is 5.33. The number of benzene rings is 7. The summed E-state index contributed by atoms with van der Waals surface area (Å²) < 4.78 is 0. The number of nitrogens with zero attached hydrogens (tertiary/aromatic N) is 6. The van der Waals surface area contributed by atoms with E-state index in [1.54, 1.807) is 12.4 Å². The van der Waals surface area contributed by atoms with Gasteiger partial charge < -0.3 is 14.7 Å². The Hall–Kier alpha value is -8.22. The first-order valence-corrected chi connectivity index (χ1v) is 23.2. The Morgan fingerprint density at radius 1 is 0.529 bits per heavy atom. The summed E-state index contributed by atoms with van der Waals surface area (Å²) in [7, 11) is 0. The van der Waals surface area contributed by atoms with E-state index in [1.807, 2.05) is 13.0 Å². The number of anilines is 8. The highest BCUT2D eigenvalue weighted by Gasteiger charge is 2.37. The lowest BCUT2D eigenvalue weighted by Crippen LogP contribution is -2.49. The zero-order valence-corrected chi connectivity index (χ0v) is 40.0. The maximum Gasteiger partial charge on any atom is 0.161 e. The Kier molecular flexibility index (Phi) is 14.6. The molecule has 6 heteroatoms. The van der Waals surface area contributed by atoms with E-state index in [0.29, 0.717) is 12.3 Å². The largest absolute Gasteiger partial charge is 0.329 e. The molecule has 0 bridgehead atoms. The molecule has 1 aliphatic rings. The van der Waals surface area contributed by atoms with Crippen molar-refractivity contribution in [3.63, 3.8) is 0 Å². The maximum absolute atomic E-state index is 5.33. The second-order valence-electron chi connectivity index (χ2n) is 17.4. The van der Waals surface area contributed by atoms with Crippen LogP contribution in [-0.2, 0) is 0 Å². The molecule has 338 valence electrons. The molecule has 1 unspecified atom stereocenters. The van der Waals surface area contributed by atoms with Crippen LogP contribution < -0.4 is 19.6 Å². The van der Waals surface area contributed by atoms with Crippen LogP contribution in [0.3, 0.4) is 0 Å². The van der Waals surface area contributed by atoms with E-state index in [9.17, 15) is 0 Å². The van der Waals surface area contributed by atoms with Crippen molar-refractivity contribution >= 4 is 58.1 Å². The number of hydrogen-bond donors (Lipinski definition) is 0. The van der Waals surface area contributed by atoms with Crippen molar-refractivity contribution in [3.8, 4) is 0 Å². The van der Waals surface area contributed by atoms with E-state index in [4.69, 9.17) is 4.99 Å². The summed E-state index contributed by atoms with van der Waals surface area (Å²) in [4.78, 5) is 18.8. The summed E-state index contributed by atoms with van der Waals surface area (Å²) in [6.07, 6.45) is 17.4. The van der Waals surface area contributed by atoms with Gasteiger partial charge in [0.25, 0.3) is 0 Å². The minimum absolute atomic E-state index is 0.557. The van der Waals surface area contributed by atoms with E-state index in [-0.39, 0.29) is 0 Å². The van der Waals surface area contributed by atoms with E-state index in [0.717, 1.165) is 56.9 Å². The summed E-state index contributed by atoms with van der Waals surface area (Å²) in [6.45, 7) is 16.7. The van der Waals surface area contributed by atoms with Crippen LogP contribution in [0.1, 0.15) is 42.5 Å². The number of allylic oxidation sites excluding steroid dienone is 4. The molecule has 0 amide bonds. The third-order valence-corrected chi connectivity index (χ3v) is 12.0. The Balaban J connectivity index is 1.28. The normalized spacial score (nSPS) is 15.1. The zero-order valence-electron chi connectivity index (χ0n) is 40.0. The molecule has 0 aromatic heterocycles. The van der Waals surface area contributed by atoms with Crippen LogP contribution in [0.4, 0.5) is 45.5 Å². The van der Waals surface area contributed by atoms with Crippen molar-refractivity contribution < 1.29 is 0 Å². The molecule has 6 nitrogen and oxygen atoms in total. The quantitative estimate of drug-likeness (QED) is 0.0584. The molecule has 0 N–H and O–H groups in total. The molecular weight excluding hydrogens is 829 g/mol. The molecule has 7 aromatic rings. The van der Waals surface area contributed by atoms with Gasteiger partial charge in [-0.2, -0.15) is 0 Å². The van der Waals surface area contributed by atoms with E-state index < -0.39 is 5.54 Å². The Labute approximate surface area is 403 Å². The lowest BCUT2D eigenvalue weighted by molar-refractivity contribution is 0.555. The van der Waals surface area contributed by atoms with Crippen LogP contribution in [0.15, 0.2) is 252 Å². The van der Waals surface area contributed by atoms with Gasteiger partial charge in [-0.1, -0.05) is 109 Å². The molecule has 1 atom stereocenters. The minimum atomic E-state index is -0.557. The molecule has 0 aliphatic heterocycles. The van der Waals surface area contributed by atoms with Gasteiger partial charge in [-0.25, -0.2) is 4.99 Å². The number of aryl methyl sites for hydroxylation is 4. The van der Waals surface area contributed by atoms with Gasteiger partial charge in [0.05, 0.1) is 11.2 Å². The number of hydrogen-bond acceptors (Lipinski definition) is 5. The predicted molar refractivity (Wildman–Crippen MR) is 292 cm³/mol. The molecule has 0 saturated carbocycles. The number of rotatable bonds is 15. The van der Waals surface area contributed by atoms with Gasteiger partial charge in [0.15, 0.2) is 5.84 Å². The fourth-order valence-corrected chi connectivity index (χ4v) is 8.84. The SMILES string of the molecule is C=N\C=C/N=C(/C(=C\C=C/C)N(c1ccccc1)C1(C)C=CC(N(c2cccc(C)c2)c2cccc(C)c2)=CC1)N(c1ccccc1)c1ccc(N(c2cccc(C)c2)c2cccc(C)c2)cc1. The molecule has 0 fully saturated rings. The van der Waals surface area contributed by atoms with E-state index >= 15 is 0 Å². The third-order valence-electron chi connectivity index (χ3n) is 12.0. The molecule has 8 rings (SSSR count). The highest BCUT2D eigenvalue weighted by Crippen LogP contribution is 2.42. The van der Waals surface area contributed by atoms with Crippen molar-refractivity contribution in [2.75, 3.05) is 19.6 Å². The van der Waals surface area contributed by atoms with Crippen molar-refractivity contribution in [1.82, 2.24) is 0 Å². The minimum Gasteiger partial charge on any atom is -0.329 e. The summed E-state index contributed by atoms with van der Waals surface area (Å²) in [5, 5.41) is 0. The fraction of sp³-hybridized carbons (Fsp3) is 0.129. The molecule has 7 aromatic carbocycles. The average Bonchev–Trinajstić information content (AvgIpc) is 3.35. The number of para-hydroxylation sites is 2. The first kappa shape index (κ1) is 46.3. The highest BCUT2D eigenvalue weighted by atomic mass is 15.3. The number of amidine groups is 1. The van der Waals surface area contributed by atoms with Gasteiger partial charge in [0, 0.05) is 63.6 Å². The molecule has 0 saturated heterocycles. The van der Waals surface area contributed by atoms with Gasteiger partial charge in [0.2, 0.25) is 0 Å². The van der Waals surface area contributed by atoms with Crippen molar-refractivity contribution in [1.29, 1.82) is 0 Å². The van der Waals surface area contributed by atoms with Crippen LogP contribution in [0.5, 0.6) is 0 Å². The van der Waals surface area contributed by atoms with Crippen LogP contribution in [-0.4, -0.2) is 18.1 Å². The molecule has 68 heavy (non-hydrogen) atoms. The van der Waals surface area contributed by atoms with Crippen LogP contribution >= 0.6 is 0 Å². The Bertz CT molecular complexity index is 2940. The third kappa shape index (κ3) is 10.6. The summed E-state index contributed by atoms with van der Waals surface area (Å²) in [5.74, 6) is 0.700. The lowest BCUT2D eigenvalue weighted by Gasteiger charge is -2.45. The molecule has 0 spiro atoms. The highest BCUT2D eigenvalue weighted by molar-refractivity contribution is 6.16. The summed E-state index contributed by atoms with van der Waals surface area (Å²) in [6, 6.07) is 64.6. The van der Waals surface area contributed by atoms with Gasteiger partial charge in [-0.05, 0) is 186 Å². The van der Waals surface area contributed by atoms with Crippen molar-refractivity contribution in [2.45, 2.75) is 53.5 Å². The molecule has 0 heterocycles. The van der Waals surface area contributed by atoms with Crippen LogP contribution in [0.25, 0.3) is 0 Å². The van der Waals surface area contributed by atoms with Gasteiger partial charge in [-0.15, -0.1) is 0 Å². The fourth-order valence-electron chi connectivity index (χ4n) is 8.84. The summed E-state index contributed by atoms with van der Waals surface area (Å²) >= 11 is 0. The van der Waals surface area contributed by atoms with Gasteiger partial charge in [0.1, 0.15) is 0 Å². The first-order chi connectivity index (χ1) is 33.2. The zero-order chi connectivity index (χ0) is 47.5. The topological polar surface area (TPSA) is 37.7 Å². The molecule has 1 aliphatic carbocycles. The summed E-state index contributed by atoms with van der Waals surface area (Å²) in [5.41, 5.74) is 14.6. The van der Waals surface area contributed by atoms with Crippen molar-refractivity contribution in [3.05, 3.63) is 264 Å². The second kappa shape index (κ2) is 21.4. The second-order valence-corrected chi connectivity index (χ2v) is 17.4. The van der Waals surface area contributed by atoms with Gasteiger partial charge >= 0.3 is 0 Å². The molecule has 0 radical (unpaired) electrons. The number of aliphatic imine (C=N–C) groups is 2. The van der Waals surface area contributed by atoms with Crippen LogP contribution in [0, 0.1) is 27.7 Å². The monoisotopic (exact) mass is 888 g/mol. The van der Waals surface area contributed by atoms with Gasteiger partial charge in [-0.3, -0.25) is 9.89 Å². The predicted octanol–water partition coefficient (Wildman–Crippen LogP) is 16.5. The molecular formula is C62H60N6. The smallest absolute Gasteiger partial charge is 0.161 e. The first-order valence-electron chi connectivity index (χ1n) is 23.2. The standard InChI is InChI=1S/C62H60N6/c1-8-9-32-60(68(55-26-14-11-15-27-55)62(6)39-37-54(38-40-62)66(58-30-18-22-49(4)45-58)59-31-19-23-50(5)46-59)61(64-42-41-63-7)67(51-24-12-10-13-25-51)53-35-33-52(34-36-53)65(56-28-16-20-47(2)43-56)57-29-17-21-48(3)44-57/h8-39,41-46H,7,40H2,1-6H3/b9-8-,42-41-,60-32+,64-61-. The van der Waals surface area contributed by atoms with Crippen molar-refractivity contribution in [2.24, 2.45) is 9.98 Å². The average molecular weight is 889 g/mol. The van der Waals surface area contributed by atoms with E-state index in [1.165, 1.54) is 22.3 Å². The Morgan fingerprint density at radius 3 is 1.44 bits per heavy atom. The van der Waals surface area contributed by atoms with E-state index in [2.05, 4.69) is 278 Å². The Morgan fingerprint density at radius 2 is 0.985 bits per heavy atom. The lowest BCUT2D eigenvalue weighted by atomic mass is 9.88. The van der Waals surface area contributed by atoms with Crippen LogP contribution in [0.2, 0.25) is 0 Å².